The van der Waals surface area contributed by atoms with Crippen molar-refractivity contribution in [3.05, 3.63) is 42.0 Å². The highest BCUT2D eigenvalue weighted by atomic mass is 16.5. The quantitative estimate of drug-likeness (QED) is 0.845. The van der Waals surface area contributed by atoms with Gasteiger partial charge in [-0.1, -0.05) is 19.1 Å². The first-order chi connectivity index (χ1) is 10.1. The highest BCUT2D eigenvalue weighted by molar-refractivity contribution is 5.90. The Morgan fingerprint density at radius 2 is 2.24 bits per heavy atom. The fourth-order valence-corrected chi connectivity index (χ4v) is 2.32. The molecule has 0 bridgehead atoms. The monoisotopic (exact) mass is 288 g/mol. The lowest BCUT2D eigenvalue weighted by Crippen LogP contribution is -2.31. The summed E-state index contributed by atoms with van der Waals surface area (Å²) in [6.07, 6.45) is 2.32. The number of ether oxygens (including phenoxy) is 1. The minimum atomic E-state index is -0.190. The molecular formula is C15H20N4O2. The second-order valence-corrected chi connectivity index (χ2v) is 4.86. The van der Waals surface area contributed by atoms with Gasteiger partial charge in [0.25, 0.3) is 5.91 Å². The predicted molar refractivity (Wildman–Crippen MR) is 79.1 cm³/mol. The number of benzene rings is 1. The first-order valence-corrected chi connectivity index (χ1v) is 6.83. The Labute approximate surface area is 124 Å². The number of hydrogen-bond donors (Lipinski definition) is 0. The van der Waals surface area contributed by atoms with Gasteiger partial charge in [0.05, 0.1) is 13.2 Å². The molecule has 0 aliphatic heterocycles. The van der Waals surface area contributed by atoms with E-state index in [-0.39, 0.29) is 17.8 Å². The lowest BCUT2D eigenvalue weighted by atomic mass is 10.0. The lowest BCUT2D eigenvalue weighted by molar-refractivity contribution is 0.0713. The van der Waals surface area contributed by atoms with Gasteiger partial charge in [-0.25, -0.2) is 4.98 Å². The van der Waals surface area contributed by atoms with E-state index in [1.165, 1.54) is 11.0 Å². The van der Waals surface area contributed by atoms with Crippen molar-refractivity contribution < 1.29 is 9.53 Å². The van der Waals surface area contributed by atoms with E-state index in [2.05, 4.69) is 10.1 Å². The van der Waals surface area contributed by atoms with Crippen LogP contribution < -0.4 is 4.74 Å². The summed E-state index contributed by atoms with van der Waals surface area (Å²) in [5.41, 5.74) is 1.03. The van der Waals surface area contributed by atoms with E-state index in [1.54, 1.807) is 26.1 Å². The fourth-order valence-electron chi connectivity index (χ4n) is 2.32. The Bertz CT molecular complexity index is 624. The maximum Gasteiger partial charge on any atom is 0.293 e. The van der Waals surface area contributed by atoms with E-state index in [0.717, 1.165) is 17.7 Å². The second kappa shape index (κ2) is 6.39. The average molecular weight is 288 g/mol. The molecule has 1 unspecified atom stereocenters. The molecule has 112 valence electrons. The third-order valence-electron chi connectivity index (χ3n) is 3.44. The summed E-state index contributed by atoms with van der Waals surface area (Å²) < 4.78 is 6.77. The normalized spacial score (nSPS) is 12.0. The lowest BCUT2D eigenvalue weighted by Gasteiger charge is -2.27. The molecular weight excluding hydrogens is 268 g/mol. The van der Waals surface area contributed by atoms with E-state index >= 15 is 0 Å². The molecule has 2 aromatic rings. The van der Waals surface area contributed by atoms with Crippen LogP contribution in [0.5, 0.6) is 5.75 Å². The molecule has 1 aromatic carbocycles. The molecule has 21 heavy (non-hydrogen) atoms. The molecule has 0 aliphatic rings. The molecule has 2 rings (SSSR count). The zero-order chi connectivity index (χ0) is 15.4. The SMILES string of the molecule is CCC(c1cccc(OC)c1)N(C)C(=O)c1ncn(C)n1. The van der Waals surface area contributed by atoms with Gasteiger partial charge in [0, 0.05) is 14.1 Å². The van der Waals surface area contributed by atoms with Crippen LogP contribution in [0.25, 0.3) is 0 Å². The fraction of sp³-hybridized carbons (Fsp3) is 0.400. The van der Waals surface area contributed by atoms with Crippen LogP contribution >= 0.6 is 0 Å². The number of amides is 1. The van der Waals surface area contributed by atoms with Gasteiger partial charge < -0.3 is 9.64 Å². The standard InChI is InChI=1S/C15H20N4O2/c1-5-13(11-7-6-8-12(9-11)21-4)19(3)15(20)14-16-10-18(2)17-14/h6-10,13H,5H2,1-4H3. The first kappa shape index (κ1) is 15.0. The molecule has 1 aromatic heterocycles. The van der Waals surface area contributed by atoms with E-state index < -0.39 is 0 Å². The highest BCUT2D eigenvalue weighted by Gasteiger charge is 2.24. The first-order valence-electron chi connectivity index (χ1n) is 6.83. The molecule has 0 N–H and O–H groups in total. The molecule has 0 saturated heterocycles. The Morgan fingerprint density at radius 3 is 2.81 bits per heavy atom. The van der Waals surface area contributed by atoms with Crippen molar-refractivity contribution in [2.24, 2.45) is 7.05 Å². The van der Waals surface area contributed by atoms with Crippen LogP contribution in [0.1, 0.15) is 35.6 Å². The maximum atomic E-state index is 12.4. The zero-order valence-electron chi connectivity index (χ0n) is 12.8. The van der Waals surface area contributed by atoms with E-state index in [1.807, 2.05) is 31.2 Å². The summed E-state index contributed by atoms with van der Waals surface area (Å²) in [6, 6.07) is 7.71. The summed E-state index contributed by atoms with van der Waals surface area (Å²) >= 11 is 0. The topological polar surface area (TPSA) is 60.2 Å². The smallest absolute Gasteiger partial charge is 0.293 e. The summed E-state index contributed by atoms with van der Waals surface area (Å²) in [4.78, 5) is 18.1. The predicted octanol–water partition coefficient (Wildman–Crippen LogP) is 2.05. The largest absolute Gasteiger partial charge is 0.497 e. The number of hydrogen-bond acceptors (Lipinski definition) is 4. The van der Waals surface area contributed by atoms with Crippen molar-refractivity contribution >= 4 is 5.91 Å². The number of methoxy groups -OCH3 is 1. The van der Waals surface area contributed by atoms with Gasteiger partial charge in [0.2, 0.25) is 5.82 Å². The Hall–Kier alpha value is -2.37. The van der Waals surface area contributed by atoms with Gasteiger partial charge in [-0.15, -0.1) is 5.10 Å². The van der Waals surface area contributed by atoms with Crippen molar-refractivity contribution in [1.29, 1.82) is 0 Å². The van der Waals surface area contributed by atoms with E-state index in [9.17, 15) is 4.79 Å². The average Bonchev–Trinajstić information content (AvgIpc) is 2.94. The van der Waals surface area contributed by atoms with Crippen LogP contribution in [-0.2, 0) is 7.05 Å². The van der Waals surface area contributed by atoms with E-state index in [4.69, 9.17) is 4.74 Å². The van der Waals surface area contributed by atoms with Crippen LogP contribution in [0.3, 0.4) is 0 Å². The molecule has 1 amide bonds. The minimum Gasteiger partial charge on any atom is -0.497 e. The second-order valence-electron chi connectivity index (χ2n) is 4.86. The number of carbonyl (C=O) groups excluding carboxylic acids is 1. The van der Waals surface area contributed by atoms with Crippen LogP contribution in [0.4, 0.5) is 0 Å². The van der Waals surface area contributed by atoms with Gasteiger partial charge in [-0.3, -0.25) is 9.48 Å². The molecule has 1 heterocycles. The maximum absolute atomic E-state index is 12.4. The number of aromatic nitrogens is 3. The van der Waals surface area contributed by atoms with Crippen LogP contribution in [0, 0.1) is 0 Å². The summed E-state index contributed by atoms with van der Waals surface area (Å²) in [7, 11) is 5.14. The zero-order valence-corrected chi connectivity index (χ0v) is 12.8. The van der Waals surface area contributed by atoms with Crippen molar-refractivity contribution in [3.8, 4) is 5.75 Å². The van der Waals surface area contributed by atoms with Gasteiger partial charge in [0.15, 0.2) is 0 Å². The van der Waals surface area contributed by atoms with Gasteiger partial charge in [-0.05, 0) is 24.1 Å². The molecule has 0 saturated carbocycles. The molecule has 0 spiro atoms. The Balaban J connectivity index is 2.25. The third-order valence-corrected chi connectivity index (χ3v) is 3.44. The molecule has 0 fully saturated rings. The van der Waals surface area contributed by atoms with Gasteiger partial charge in [-0.2, -0.15) is 0 Å². The van der Waals surface area contributed by atoms with Crippen LogP contribution in [0.15, 0.2) is 30.6 Å². The van der Waals surface area contributed by atoms with Crippen molar-refractivity contribution in [3.63, 3.8) is 0 Å². The number of rotatable bonds is 5. The van der Waals surface area contributed by atoms with Gasteiger partial charge in [0.1, 0.15) is 12.1 Å². The Morgan fingerprint density at radius 1 is 1.48 bits per heavy atom. The summed E-state index contributed by atoms with van der Waals surface area (Å²) in [5, 5.41) is 4.07. The van der Waals surface area contributed by atoms with Gasteiger partial charge >= 0.3 is 0 Å². The van der Waals surface area contributed by atoms with Crippen LogP contribution in [0.2, 0.25) is 0 Å². The third kappa shape index (κ3) is 3.21. The molecule has 6 nitrogen and oxygen atoms in total. The van der Waals surface area contributed by atoms with Crippen molar-refractivity contribution in [1.82, 2.24) is 19.7 Å². The molecule has 1 atom stereocenters. The molecule has 0 aliphatic carbocycles. The Kier molecular flexibility index (Phi) is 4.57. The minimum absolute atomic E-state index is 0.0450. The number of carbonyl (C=O) groups is 1. The highest BCUT2D eigenvalue weighted by Crippen LogP contribution is 2.26. The van der Waals surface area contributed by atoms with E-state index in [0.29, 0.717) is 0 Å². The summed E-state index contributed by atoms with van der Waals surface area (Å²) in [5.74, 6) is 0.800. The number of aryl methyl sites for hydroxylation is 1. The summed E-state index contributed by atoms with van der Waals surface area (Å²) in [6.45, 7) is 2.04. The van der Waals surface area contributed by atoms with Crippen molar-refractivity contribution in [2.75, 3.05) is 14.2 Å². The van der Waals surface area contributed by atoms with Crippen molar-refractivity contribution in [2.45, 2.75) is 19.4 Å². The molecule has 6 heteroatoms. The molecule has 0 radical (unpaired) electrons. The van der Waals surface area contributed by atoms with Crippen LogP contribution in [-0.4, -0.2) is 39.7 Å². The number of nitrogens with zero attached hydrogens (tertiary/aromatic N) is 4.